The second-order valence-electron chi connectivity index (χ2n) is 5.05. The van der Waals surface area contributed by atoms with Gasteiger partial charge < -0.3 is 11.1 Å². The molecule has 3 nitrogen and oxygen atoms in total. The van der Waals surface area contributed by atoms with Gasteiger partial charge in [0.2, 0.25) is 0 Å². The maximum absolute atomic E-state index is 13.3. The Morgan fingerprint density at radius 2 is 2.10 bits per heavy atom. The van der Waals surface area contributed by atoms with E-state index in [9.17, 15) is 9.18 Å². The smallest absolute Gasteiger partial charge is 0.251 e. The van der Waals surface area contributed by atoms with Gasteiger partial charge in [0.1, 0.15) is 5.82 Å². The molecule has 4 heteroatoms. The van der Waals surface area contributed by atoms with E-state index in [1.54, 1.807) is 0 Å². The van der Waals surface area contributed by atoms with Crippen molar-refractivity contribution in [2.24, 2.45) is 0 Å². The van der Waals surface area contributed by atoms with E-state index in [0.29, 0.717) is 18.0 Å². The van der Waals surface area contributed by atoms with Crippen molar-refractivity contribution in [2.75, 3.05) is 12.3 Å². The predicted molar refractivity (Wildman–Crippen MR) is 76.0 cm³/mol. The van der Waals surface area contributed by atoms with Crippen LogP contribution in [0.3, 0.4) is 0 Å². The lowest BCUT2D eigenvalue weighted by atomic mass is 9.77. The molecule has 0 spiro atoms. The fourth-order valence-corrected chi connectivity index (χ4v) is 2.53. The average molecular weight is 270 g/mol. The Hall–Kier alpha value is -2.36. The van der Waals surface area contributed by atoms with Gasteiger partial charge in [-0.05, 0) is 35.7 Å². The summed E-state index contributed by atoms with van der Waals surface area (Å²) in [7, 11) is 0. The molecule has 2 aromatic rings. The molecule has 0 bridgehead atoms. The van der Waals surface area contributed by atoms with Gasteiger partial charge in [-0.15, -0.1) is 0 Å². The molecule has 1 aliphatic carbocycles. The number of carbonyl (C=O) groups is 1. The highest BCUT2D eigenvalue weighted by Gasteiger charge is 2.25. The minimum Gasteiger partial charge on any atom is -0.396 e. The van der Waals surface area contributed by atoms with Crippen molar-refractivity contribution >= 4 is 11.6 Å². The van der Waals surface area contributed by atoms with Crippen LogP contribution >= 0.6 is 0 Å². The summed E-state index contributed by atoms with van der Waals surface area (Å²) in [5, 5.41) is 2.84. The number of amides is 1. The quantitative estimate of drug-likeness (QED) is 0.842. The fraction of sp³-hybridized carbons (Fsp3) is 0.188. The first-order chi connectivity index (χ1) is 9.65. The van der Waals surface area contributed by atoms with E-state index >= 15 is 0 Å². The molecule has 0 saturated carbocycles. The van der Waals surface area contributed by atoms with E-state index in [1.165, 1.54) is 29.3 Å². The van der Waals surface area contributed by atoms with Crippen molar-refractivity contribution in [1.29, 1.82) is 0 Å². The minimum atomic E-state index is -0.563. The molecule has 0 fully saturated rings. The molecule has 1 amide bonds. The summed E-state index contributed by atoms with van der Waals surface area (Å²) in [6.45, 7) is 0.571. The lowest BCUT2D eigenvalue weighted by molar-refractivity contribution is 0.0949. The standard InChI is InChI=1S/C16H15FN2O/c17-14-8-11(5-6-15(14)18)16(20)19-9-12-7-10-3-1-2-4-13(10)12/h1-6,8,12H,7,9,18H2,(H,19,20). The number of anilines is 1. The van der Waals surface area contributed by atoms with Gasteiger partial charge in [-0.1, -0.05) is 24.3 Å². The summed E-state index contributed by atoms with van der Waals surface area (Å²) in [6.07, 6.45) is 0.979. The van der Waals surface area contributed by atoms with E-state index < -0.39 is 5.82 Å². The number of nitrogens with two attached hydrogens (primary N) is 1. The third kappa shape index (κ3) is 2.25. The van der Waals surface area contributed by atoms with E-state index in [2.05, 4.69) is 17.4 Å². The van der Waals surface area contributed by atoms with E-state index in [4.69, 9.17) is 5.73 Å². The highest BCUT2D eigenvalue weighted by atomic mass is 19.1. The molecule has 0 radical (unpaired) electrons. The SMILES string of the molecule is Nc1ccc(C(=O)NCC2Cc3ccccc32)cc1F. The van der Waals surface area contributed by atoms with Crippen LogP contribution < -0.4 is 11.1 Å². The number of benzene rings is 2. The molecule has 20 heavy (non-hydrogen) atoms. The molecule has 1 aliphatic rings. The lowest BCUT2D eigenvalue weighted by Crippen LogP contribution is -2.33. The highest BCUT2D eigenvalue weighted by molar-refractivity contribution is 5.94. The average Bonchev–Trinajstić information content (AvgIpc) is 2.42. The lowest BCUT2D eigenvalue weighted by Gasteiger charge is -2.30. The topological polar surface area (TPSA) is 55.1 Å². The zero-order valence-corrected chi connectivity index (χ0v) is 10.9. The minimum absolute atomic E-state index is 0.0504. The first kappa shape index (κ1) is 12.7. The van der Waals surface area contributed by atoms with Crippen LogP contribution in [0.4, 0.5) is 10.1 Å². The Morgan fingerprint density at radius 3 is 2.85 bits per heavy atom. The van der Waals surface area contributed by atoms with Gasteiger partial charge in [0, 0.05) is 18.0 Å². The molecule has 102 valence electrons. The maximum Gasteiger partial charge on any atom is 0.251 e. The van der Waals surface area contributed by atoms with Crippen LogP contribution in [0.15, 0.2) is 42.5 Å². The number of carbonyl (C=O) groups excluding carboxylic acids is 1. The monoisotopic (exact) mass is 270 g/mol. The summed E-state index contributed by atoms with van der Waals surface area (Å²) in [5.41, 5.74) is 8.36. The van der Waals surface area contributed by atoms with Crippen molar-refractivity contribution in [2.45, 2.75) is 12.3 Å². The number of rotatable bonds is 3. The Bertz CT molecular complexity index is 669. The van der Waals surface area contributed by atoms with Crippen LogP contribution in [0.5, 0.6) is 0 Å². The van der Waals surface area contributed by atoms with Crippen LogP contribution in [0.1, 0.15) is 27.4 Å². The fourth-order valence-electron chi connectivity index (χ4n) is 2.53. The normalized spacial score (nSPS) is 16.1. The third-order valence-corrected chi connectivity index (χ3v) is 3.73. The van der Waals surface area contributed by atoms with E-state index in [-0.39, 0.29) is 11.6 Å². The summed E-state index contributed by atoms with van der Waals surface area (Å²) in [5.74, 6) is -0.478. The Kier molecular flexibility index (Phi) is 3.14. The molecule has 1 unspecified atom stereocenters. The molecular formula is C16H15FN2O. The van der Waals surface area contributed by atoms with Crippen molar-refractivity contribution in [3.63, 3.8) is 0 Å². The van der Waals surface area contributed by atoms with E-state index in [0.717, 1.165) is 6.42 Å². The number of halogens is 1. The first-order valence-corrected chi connectivity index (χ1v) is 6.56. The highest BCUT2D eigenvalue weighted by Crippen LogP contribution is 2.34. The summed E-state index contributed by atoms with van der Waals surface area (Å²) < 4.78 is 13.3. The zero-order chi connectivity index (χ0) is 14.1. The van der Waals surface area contributed by atoms with Crippen molar-refractivity contribution in [3.05, 3.63) is 65.0 Å². The molecule has 0 aliphatic heterocycles. The number of fused-ring (bicyclic) bond motifs is 1. The molecule has 3 rings (SSSR count). The predicted octanol–water partition coefficient (Wildman–Crippen LogP) is 2.48. The van der Waals surface area contributed by atoms with Crippen molar-refractivity contribution < 1.29 is 9.18 Å². The van der Waals surface area contributed by atoms with Crippen LogP contribution in [-0.4, -0.2) is 12.5 Å². The molecule has 0 aromatic heterocycles. The van der Waals surface area contributed by atoms with Crippen LogP contribution in [0, 0.1) is 5.82 Å². The first-order valence-electron chi connectivity index (χ1n) is 6.56. The van der Waals surface area contributed by atoms with Gasteiger partial charge in [-0.2, -0.15) is 0 Å². The van der Waals surface area contributed by atoms with Gasteiger partial charge in [0.25, 0.3) is 5.91 Å². The number of hydrogen-bond donors (Lipinski definition) is 2. The molecule has 0 heterocycles. The summed E-state index contributed by atoms with van der Waals surface area (Å²) >= 11 is 0. The Labute approximate surface area is 116 Å². The van der Waals surface area contributed by atoms with Crippen molar-refractivity contribution in [3.8, 4) is 0 Å². The molecule has 2 aromatic carbocycles. The van der Waals surface area contributed by atoms with Gasteiger partial charge in [-0.25, -0.2) is 4.39 Å². The zero-order valence-electron chi connectivity index (χ0n) is 10.9. The van der Waals surface area contributed by atoms with Gasteiger partial charge in [-0.3, -0.25) is 4.79 Å². The molecular weight excluding hydrogens is 255 g/mol. The van der Waals surface area contributed by atoms with Gasteiger partial charge in [0.15, 0.2) is 0 Å². The molecule has 1 atom stereocenters. The number of nitrogen functional groups attached to an aromatic ring is 1. The summed E-state index contributed by atoms with van der Waals surface area (Å²) in [6, 6.07) is 12.3. The maximum atomic E-state index is 13.3. The van der Waals surface area contributed by atoms with Crippen LogP contribution in [0.2, 0.25) is 0 Å². The molecule has 0 saturated heterocycles. The third-order valence-electron chi connectivity index (χ3n) is 3.73. The van der Waals surface area contributed by atoms with Gasteiger partial charge >= 0.3 is 0 Å². The Balaban J connectivity index is 1.62. The Morgan fingerprint density at radius 1 is 1.30 bits per heavy atom. The number of nitrogens with one attached hydrogen (secondary N) is 1. The van der Waals surface area contributed by atoms with E-state index in [1.807, 2.05) is 12.1 Å². The number of hydrogen-bond acceptors (Lipinski definition) is 2. The second kappa shape index (κ2) is 4.96. The summed E-state index contributed by atoms with van der Waals surface area (Å²) in [4.78, 5) is 11.9. The van der Waals surface area contributed by atoms with Gasteiger partial charge in [0.05, 0.1) is 5.69 Å². The second-order valence-corrected chi connectivity index (χ2v) is 5.05. The largest absolute Gasteiger partial charge is 0.396 e. The van der Waals surface area contributed by atoms with Crippen LogP contribution in [-0.2, 0) is 6.42 Å². The molecule has 3 N–H and O–H groups in total. The van der Waals surface area contributed by atoms with Crippen molar-refractivity contribution in [1.82, 2.24) is 5.32 Å². The van der Waals surface area contributed by atoms with Crippen LogP contribution in [0.25, 0.3) is 0 Å².